The maximum absolute atomic E-state index is 3.96. The quantitative estimate of drug-likeness (QED) is 0.522. The van der Waals surface area contributed by atoms with Gasteiger partial charge in [0.05, 0.1) is 0 Å². The summed E-state index contributed by atoms with van der Waals surface area (Å²) in [6.07, 6.45) is 2.96. The van der Waals surface area contributed by atoms with E-state index in [0.29, 0.717) is 0 Å². The molecular weight excluding hydrogens is 132 g/mol. The smallest absolute Gasteiger partial charge is 0.0111 e. The minimum Gasteiger partial charge on any atom is -0.0998 e. The van der Waals surface area contributed by atoms with E-state index in [1.807, 2.05) is 6.92 Å². The van der Waals surface area contributed by atoms with Gasteiger partial charge in [0.15, 0.2) is 0 Å². The first-order valence-corrected chi connectivity index (χ1v) is 4.04. The average Bonchev–Trinajstić information content (AvgIpc) is 1.85. The minimum atomic E-state index is 0.943. The Bertz CT molecular complexity index is 172. The van der Waals surface area contributed by atoms with Gasteiger partial charge in [-0.2, -0.15) is 0 Å². The highest BCUT2D eigenvalue weighted by molar-refractivity contribution is 5.14. The highest BCUT2D eigenvalue weighted by atomic mass is 14.0. The molecule has 0 aromatic rings. The fraction of sp³-hybridized carbons (Fsp3) is 0.455. The molecule has 0 aliphatic heterocycles. The molecule has 0 heteroatoms. The number of hydrogen-bond donors (Lipinski definition) is 0. The average molecular weight is 150 g/mol. The normalized spacial score (nSPS) is 9.27. The highest BCUT2D eigenvalue weighted by Gasteiger charge is 1.96. The molecule has 0 rings (SSSR count). The Kier molecular flexibility index (Phi) is 4.60. The van der Waals surface area contributed by atoms with Crippen LogP contribution in [0.25, 0.3) is 0 Å². The summed E-state index contributed by atoms with van der Waals surface area (Å²) in [7, 11) is 0. The van der Waals surface area contributed by atoms with E-state index < -0.39 is 0 Å². The van der Waals surface area contributed by atoms with Crippen molar-refractivity contribution in [1.82, 2.24) is 0 Å². The van der Waals surface area contributed by atoms with Crippen LogP contribution in [0.5, 0.6) is 0 Å². The van der Waals surface area contributed by atoms with Gasteiger partial charge in [0.2, 0.25) is 0 Å². The molecule has 0 aromatic carbocycles. The molecule has 0 heterocycles. The monoisotopic (exact) mass is 150 g/mol. The predicted molar refractivity (Wildman–Crippen MR) is 52.6 cm³/mol. The van der Waals surface area contributed by atoms with E-state index >= 15 is 0 Å². The van der Waals surface area contributed by atoms with Crippen LogP contribution in [0.1, 0.15) is 33.1 Å². The van der Waals surface area contributed by atoms with Gasteiger partial charge in [-0.15, -0.1) is 0 Å². The van der Waals surface area contributed by atoms with Crippen LogP contribution in [0.3, 0.4) is 0 Å². The minimum absolute atomic E-state index is 0.943. The van der Waals surface area contributed by atoms with E-state index in [0.717, 1.165) is 19.3 Å². The molecule has 0 aliphatic carbocycles. The summed E-state index contributed by atoms with van der Waals surface area (Å²) in [5.74, 6) is 0. The van der Waals surface area contributed by atoms with Crippen molar-refractivity contribution < 1.29 is 0 Å². The molecule has 0 spiro atoms. The lowest BCUT2D eigenvalue weighted by Crippen LogP contribution is -1.85. The first kappa shape index (κ1) is 10.2. The molecule has 0 aromatic heterocycles. The lowest BCUT2D eigenvalue weighted by Gasteiger charge is -2.05. The van der Waals surface area contributed by atoms with Crippen LogP contribution in [0, 0.1) is 0 Å². The van der Waals surface area contributed by atoms with E-state index in [1.165, 1.54) is 16.7 Å². The zero-order valence-electron chi connectivity index (χ0n) is 7.74. The first-order valence-electron chi connectivity index (χ1n) is 4.04. The van der Waals surface area contributed by atoms with Crippen LogP contribution in [0.15, 0.2) is 36.5 Å². The SMILES string of the molecule is C=C(C)CC(=C)CC(=C)CC. The van der Waals surface area contributed by atoms with Crippen molar-refractivity contribution in [3.63, 3.8) is 0 Å². The van der Waals surface area contributed by atoms with Crippen LogP contribution in [0.2, 0.25) is 0 Å². The molecule has 0 unspecified atom stereocenters. The zero-order chi connectivity index (χ0) is 8.85. The third kappa shape index (κ3) is 5.65. The van der Waals surface area contributed by atoms with E-state index in [2.05, 4.69) is 26.7 Å². The molecule has 0 N–H and O–H groups in total. The summed E-state index contributed by atoms with van der Waals surface area (Å²) >= 11 is 0. The van der Waals surface area contributed by atoms with Crippen molar-refractivity contribution in [3.05, 3.63) is 36.5 Å². The van der Waals surface area contributed by atoms with Gasteiger partial charge in [-0.25, -0.2) is 0 Å². The van der Waals surface area contributed by atoms with Crippen molar-refractivity contribution in [2.24, 2.45) is 0 Å². The second-order valence-electron chi connectivity index (χ2n) is 3.16. The van der Waals surface area contributed by atoms with Crippen LogP contribution in [-0.2, 0) is 0 Å². The standard InChI is InChI=1S/C11H18/c1-6-10(4)8-11(5)7-9(2)3/h2,4-8H2,1,3H3. The Morgan fingerprint density at radius 1 is 1.00 bits per heavy atom. The zero-order valence-corrected chi connectivity index (χ0v) is 7.74. The lowest BCUT2D eigenvalue weighted by atomic mass is 10.0. The van der Waals surface area contributed by atoms with Gasteiger partial charge in [-0.1, -0.05) is 43.4 Å². The Balaban J connectivity index is 3.70. The van der Waals surface area contributed by atoms with Gasteiger partial charge >= 0.3 is 0 Å². The largest absolute Gasteiger partial charge is 0.0998 e. The maximum Gasteiger partial charge on any atom is -0.0111 e. The second kappa shape index (κ2) is 4.95. The molecule has 62 valence electrons. The van der Waals surface area contributed by atoms with Gasteiger partial charge in [-0.05, 0) is 26.2 Å². The van der Waals surface area contributed by atoms with Crippen molar-refractivity contribution in [3.8, 4) is 0 Å². The van der Waals surface area contributed by atoms with E-state index in [4.69, 9.17) is 0 Å². The van der Waals surface area contributed by atoms with Crippen LogP contribution >= 0.6 is 0 Å². The van der Waals surface area contributed by atoms with Crippen molar-refractivity contribution in [2.45, 2.75) is 33.1 Å². The Labute approximate surface area is 70.3 Å². The summed E-state index contributed by atoms with van der Waals surface area (Å²) in [5.41, 5.74) is 3.67. The molecule has 0 nitrogen and oxygen atoms in total. The van der Waals surface area contributed by atoms with Crippen LogP contribution < -0.4 is 0 Å². The van der Waals surface area contributed by atoms with E-state index in [1.54, 1.807) is 0 Å². The molecule has 0 atom stereocenters. The molecule has 0 amide bonds. The van der Waals surface area contributed by atoms with Gasteiger partial charge < -0.3 is 0 Å². The third-order valence-electron chi connectivity index (χ3n) is 1.55. The summed E-state index contributed by atoms with van der Waals surface area (Å²) < 4.78 is 0. The Hall–Kier alpha value is -0.780. The summed E-state index contributed by atoms with van der Waals surface area (Å²) in [5, 5.41) is 0. The number of allylic oxidation sites excluding steroid dienone is 3. The number of hydrogen-bond acceptors (Lipinski definition) is 0. The Morgan fingerprint density at radius 2 is 1.55 bits per heavy atom. The van der Waals surface area contributed by atoms with E-state index in [-0.39, 0.29) is 0 Å². The van der Waals surface area contributed by atoms with Gasteiger partial charge in [0, 0.05) is 0 Å². The molecule has 0 bridgehead atoms. The predicted octanol–water partition coefficient (Wildman–Crippen LogP) is 3.87. The highest BCUT2D eigenvalue weighted by Crippen LogP contribution is 2.16. The summed E-state index contributed by atoms with van der Waals surface area (Å²) in [6, 6.07) is 0. The van der Waals surface area contributed by atoms with E-state index in [9.17, 15) is 0 Å². The second-order valence-corrected chi connectivity index (χ2v) is 3.16. The molecule has 11 heavy (non-hydrogen) atoms. The fourth-order valence-corrected chi connectivity index (χ4v) is 0.968. The Morgan fingerprint density at radius 3 is 1.91 bits per heavy atom. The summed E-state index contributed by atoms with van der Waals surface area (Å²) in [4.78, 5) is 0. The van der Waals surface area contributed by atoms with Crippen LogP contribution in [-0.4, -0.2) is 0 Å². The third-order valence-corrected chi connectivity index (χ3v) is 1.55. The maximum atomic E-state index is 3.96. The molecule has 0 aliphatic rings. The lowest BCUT2D eigenvalue weighted by molar-refractivity contribution is 0.955. The van der Waals surface area contributed by atoms with Crippen molar-refractivity contribution >= 4 is 0 Å². The van der Waals surface area contributed by atoms with Crippen LogP contribution in [0.4, 0.5) is 0 Å². The van der Waals surface area contributed by atoms with Crippen molar-refractivity contribution in [2.75, 3.05) is 0 Å². The van der Waals surface area contributed by atoms with Gasteiger partial charge in [-0.3, -0.25) is 0 Å². The first-order chi connectivity index (χ1) is 5.06. The molecular formula is C11H18. The van der Waals surface area contributed by atoms with Gasteiger partial charge in [0.1, 0.15) is 0 Å². The van der Waals surface area contributed by atoms with Gasteiger partial charge in [0.25, 0.3) is 0 Å². The molecule has 0 fully saturated rings. The molecule has 0 saturated carbocycles. The fourth-order valence-electron chi connectivity index (χ4n) is 0.968. The summed E-state index contributed by atoms with van der Waals surface area (Å²) in [6.45, 7) is 15.9. The molecule has 0 radical (unpaired) electrons. The molecule has 0 saturated heterocycles. The van der Waals surface area contributed by atoms with Crippen molar-refractivity contribution in [1.29, 1.82) is 0 Å². The topological polar surface area (TPSA) is 0 Å². The number of rotatable bonds is 5.